The lowest BCUT2D eigenvalue weighted by molar-refractivity contribution is 0.353. The van der Waals surface area contributed by atoms with Gasteiger partial charge in [0.15, 0.2) is 0 Å². The number of hydrogen-bond donors (Lipinski definition) is 1. The Hall–Kier alpha value is -1.62. The van der Waals surface area contributed by atoms with E-state index in [1.807, 2.05) is 0 Å². The Morgan fingerprint density at radius 2 is 2.25 bits per heavy atom. The summed E-state index contributed by atoms with van der Waals surface area (Å²) in [7, 11) is 0. The third-order valence-electron chi connectivity index (χ3n) is 2.51. The first kappa shape index (κ1) is 10.9. The highest BCUT2D eigenvalue weighted by molar-refractivity contribution is 5.51. The SMILES string of the molecule is CC(C)C(N)Cc1nc(-c2ccoc2)no1. The summed E-state index contributed by atoms with van der Waals surface area (Å²) in [5.41, 5.74) is 6.74. The van der Waals surface area contributed by atoms with Crippen LogP contribution >= 0.6 is 0 Å². The van der Waals surface area contributed by atoms with Crippen molar-refractivity contribution >= 4 is 0 Å². The van der Waals surface area contributed by atoms with Gasteiger partial charge in [0.2, 0.25) is 11.7 Å². The second-order valence-electron chi connectivity index (χ2n) is 4.14. The molecule has 0 aliphatic carbocycles. The van der Waals surface area contributed by atoms with E-state index in [1.54, 1.807) is 18.6 Å². The second-order valence-corrected chi connectivity index (χ2v) is 4.14. The fourth-order valence-electron chi connectivity index (χ4n) is 1.28. The molecule has 2 rings (SSSR count). The summed E-state index contributed by atoms with van der Waals surface area (Å²) in [5, 5.41) is 3.87. The van der Waals surface area contributed by atoms with E-state index in [1.165, 1.54) is 0 Å². The number of hydrogen-bond acceptors (Lipinski definition) is 5. The monoisotopic (exact) mass is 221 g/mol. The summed E-state index contributed by atoms with van der Waals surface area (Å²) in [5.74, 6) is 1.50. The van der Waals surface area contributed by atoms with Crippen LogP contribution in [0.3, 0.4) is 0 Å². The highest BCUT2D eigenvalue weighted by Gasteiger charge is 2.15. The molecule has 5 nitrogen and oxygen atoms in total. The van der Waals surface area contributed by atoms with Gasteiger partial charge in [-0.3, -0.25) is 0 Å². The van der Waals surface area contributed by atoms with Gasteiger partial charge < -0.3 is 14.7 Å². The fraction of sp³-hybridized carbons (Fsp3) is 0.455. The van der Waals surface area contributed by atoms with Crippen LogP contribution in [0, 0.1) is 5.92 Å². The fourth-order valence-corrected chi connectivity index (χ4v) is 1.28. The molecule has 2 N–H and O–H groups in total. The molecule has 1 unspecified atom stereocenters. The molecule has 1 atom stereocenters. The molecule has 16 heavy (non-hydrogen) atoms. The largest absolute Gasteiger partial charge is 0.472 e. The third-order valence-corrected chi connectivity index (χ3v) is 2.51. The van der Waals surface area contributed by atoms with Crippen LogP contribution in [0.4, 0.5) is 0 Å². The Bertz CT molecular complexity index is 434. The van der Waals surface area contributed by atoms with Crippen LogP contribution in [-0.2, 0) is 6.42 Å². The average Bonchev–Trinajstić information content (AvgIpc) is 2.85. The molecule has 0 aliphatic heterocycles. The molecule has 0 bridgehead atoms. The lowest BCUT2D eigenvalue weighted by atomic mass is 10.0. The van der Waals surface area contributed by atoms with E-state index in [0.717, 1.165) is 5.56 Å². The minimum Gasteiger partial charge on any atom is -0.472 e. The van der Waals surface area contributed by atoms with Crippen molar-refractivity contribution in [1.82, 2.24) is 10.1 Å². The molecular weight excluding hydrogens is 206 g/mol. The quantitative estimate of drug-likeness (QED) is 0.852. The standard InChI is InChI=1S/C11H15N3O2/c1-7(2)9(12)5-10-13-11(14-16-10)8-3-4-15-6-8/h3-4,6-7,9H,5,12H2,1-2H3. The summed E-state index contributed by atoms with van der Waals surface area (Å²) in [6, 6.07) is 1.83. The van der Waals surface area contributed by atoms with Crippen molar-refractivity contribution < 1.29 is 8.94 Å². The second kappa shape index (κ2) is 4.49. The van der Waals surface area contributed by atoms with E-state index < -0.39 is 0 Å². The third kappa shape index (κ3) is 2.30. The number of rotatable bonds is 4. The van der Waals surface area contributed by atoms with E-state index in [-0.39, 0.29) is 6.04 Å². The maximum atomic E-state index is 5.93. The normalized spacial score (nSPS) is 13.2. The maximum Gasteiger partial charge on any atom is 0.228 e. The minimum absolute atomic E-state index is 0.0395. The molecule has 0 radical (unpaired) electrons. The molecule has 2 heterocycles. The molecule has 5 heteroatoms. The Balaban J connectivity index is 2.08. The van der Waals surface area contributed by atoms with Gasteiger partial charge >= 0.3 is 0 Å². The van der Waals surface area contributed by atoms with Crippen LogP contribution in [0.25, 0.3) is 11.4 Å². The Morgan fingerprint density at radius 3 is 2.88 bits per heavy atom. The summed E-state index contributed by atoms with van der Waals surface area (Å²) in [6.45, 7) is 4.13. The molecule has 0 spiro atoms. The van der Waals surface area contributed by atoms with Gasteiger partial charge in [0.25, 0.3) is 0 Å². The highest BCUT2D eigenvalue weighted by Crippen LogP contribution is 2.16. The first-order valence-corrected chi connectivity index (χ1v) is 5.27. The predicted octanol–water partition coefficient (Wildman–Crippen LogP) is 1.86. The van der Waals surface area contributed by atoms with Gasteiger partial charge in [0.05, 0.1) is 11.8 Å². The number of furan rings is 1. The van der Waals surface area contributed by atoms with Crippen molar-refractivity contribution in [2.45, 2.75) is 26.3 Å². The lowest BCUT2D eigenvalue weighted by Gasteiger charge is -2.11. The van der Waals surface area contributed by atoms with Crippen molar-refractivity contribution in [2.75, 3.05) is 0 Å². The highest BCUT2D eigenvalue weighted by atomic mass is 16.5. The topological polar surface area (TPSA) is 78.1 Å². The predicted molar refractivity (Wildman–Crippen MR) is 58.5 cm³/mol. The number of nitrogens with two attached hydrogens (primary N) is 1. The zero-order chi connectivity index (χ0) is 11.5. The zero-order valence-electron chi connectivity index (χ0n) is 9.38. The van der Waals surface area contributed by atoms with Crippen LogP contribution < -0.4 is 5.73 Å². The van der Waals surface area contributed by atoms with Gasteiger partial charge in [-0.05, 0) is 12.0 Å². The Morgan fingerprint density at radius 1 is 1.44 bits per heavy atom. The number of aromatic nitrogens is 2. The summed E-state index contributed by atoms with van der Waals surface area (Å²) in [6.07, 6.45) is 3.75. The van der Waals surface area contributed by atoms with E-state index in [9.17, 15) is 0 Å². The lowest BCUT2D eigenvalue weighted by Crippen LogP contribution is -2.28. The molecule has 0 saturated carbocycles. The average molecular weight is 221 g/mol. The molecule has 2 aromatic rings. The smallest absolute Gasteiger partial charge is 0.228 e. The molecule has 0 fully saturated rings. The molecule has 0 amide bonds. The molecule has 0 aromatic carbocycles. The van der Waals surface area contributed by atoms with Gasteiger partial charge in [-0.2, -0.15) is 4.98 Å². The Labute approximate surface area is 93.6 Å². The van der Waals surface area contributed by atoms with Crippen molar-refractivity contribution in [3.8, 4) is 11.4 Å². The molecule has 2 aromatic heterocycles. The molecule has 0 saturated heterocycles. The van der Waals surface area contributed by atoms with Crippen LogP contribution in [0.5, 0.6) is 0 Å². The maximum absolute atomic E-state index is 5.93. The van der Waals surface area contributed by atoms with Crippen molar-refractivity contribution in [3.05, 3.63) is 24.5 Å². The minimum atomic E-state index is 0.0395. The van der Waals surface area contributed by atoms with Gasteiger partial charge in [-0.1, -0.05) is 19.0 Å². The zero-order valence-corrected chi connectivity index (χ0v) is 9.38. The molecule has 86 valence electrons. The van der Waals surface area contributed by atoms with E-state index >= 15 is 0 Å². The van der Waals surface area contributed by atoms with Gasteiger partial charge in [0, 0.05) is 12.5 Å². The van der Waals surface area contributed by atoms with E-state index in [0.29, 0.717) is 24.1 Å². The van der Waals surface area contributed by atoms with Gasteiger partial charge in [0.1, 0.15) is 6.26 Å². The van der Waals surface area contributed by atoms with E-state index in [4.69, 9.17) is 14.7 Å². The van der Waals surface area contributed by atoms with Gasteiger partial charge in [-0.15, -0.1) is 0 Å². The van der Waals surface area contributed by atoms with Crippen LogP contribution in [0.1, 0.15) is 19.7 Å². The Kier molecular flexibility index (Phi) is 3.05. The van der Waals surface area contributed by atoms with Crippen molar-refractivity contribution in [2.24, 2.45) is 11.7 Å². The summed E-state index contributed by atoms with van der Waals surface area (Å²) in [4.78, 5) is 4.26. The summed E-state index contributed by atoms with van der Waals surface area (Å²) >= 11 is 0. The first-order chi connectivity index (χ1) is 7.66. The first-order valence-electron chi connectivity index (χ1n) is 5.27. The van der Waals surface area contributed by atoms with Crippen molar-refractivity contribution in [3.63, 3.8) is 0 Å². The molecule has 0 aliphatic rings. The van der Waals surface area contributed by atoms with Crippen LogP contribution in [-0.4, -0.2) is 16.2 Å². The van der Waals surface area contributed by atoms with Crippen LogP contribution in [0.15, 0.2) is 27.5 Å². The molecular formula is C11H15N3O2. The van der Waals surface area contributed by atoms with E-state index in [2.05, 4.69) is 24.0 Å². The summed E-state index contributed by atoms with van der Waals surface area (Å²) < 4.78 is 10.1. The van der Waals surface area contributed by atoms with Crippen molar-refractivity contribution in [1.29, 1.82) is 0 Å². The number of nitrogens with zero attached hydrogens (tertiary/aromatic N) is 2. The van der Waals surface area contributed by atoms with Crippen LogP contribution in [0.2, 0.25) is 0 Å². The van der Waals surface area contributed by atoms with Gasteiger partial charge in [-0.25, -0.2) is 0 Å².